The minimum atomic E-state index is -2.44. The second-order valence-electron chi connectivity index (χ2n) is 13.7. The molecule has 0 aromatic heterocycles. The molecule has 0 aliphatic rings. The largest absolute Gasteiger partial charge is 0.319 e. The van der Waals surface area contributed by atoms with Gasteiger partial charge in [-0.25, -0.2) is 0 Å². The fourth-order valence-electron chi connectivity index (χ4n) is 7.59. The topological polar surface area (TPSA) is 17.1 Å². The molecule has 0 spiro atoms. The molecule has 0 aliphatic carbocycles. The first kappa shape index (κ1) is 30.3. The highest BCUT2D eigenvalue weighted by atomic mass is 31.2. The Morgan fingerprint density at radius 3 is 1.22 bits per heavy atom. The van der Waals surface area contributed by atoms with Crippen LogP contribution in [0.15, 0.2) is 176 Å². The summed E-state index contributed by atoms with van der Waals surface area (Å²) in [5.41, 5.74) is 9.42. The van der Waals surface area contributed by atoms with Crippen molar-refractivity contribution >= 4 is 55.5 Å². The van der Waals surface area contributed by atoms with Crippen molar-refractivity contribution in [3.8, 4) is 44.5 Å². The molecule has 0 saturated heterocycles. The van der Waals surface area contributed by atoms with Gasteiger partial charge in [0, 0.05) is 5.30 Å². The van der Waals surface area contributed by atoms with E-state index in [0.717, 1.165) is 10.9 Å². The Bertz CT molecular complexity index is 2670. The van der Waals surface area contributed by atoms with Gasteiger partial charge in [0.15, 0.2) is 0 Å². The summed E-state index contributed by atoms with van der Waals surface area (Å²) >= 11 is 0. The maximum atomic E-state index is 13.2. The van der Waals surface area contributed by atoms with Crippen LogP contribution in [-0.4, -0.2) is 13.3 Å². The van der Waals surface area contributed by atoms with Crippen molar-refractivity contribution in [3.05, 3.63) is 176 Å². The Morgan fingerprint density at radius 1 is 0.320 bits per heavy atom. The molecule has 0 unspecified atom stereocenters. The van der Waals surface area contributed by atoms with E-state index in [2.05, 4.69) is 164 Å². The normalized spacial score (nSPS) is 11.9. The molecular formula is C48H35OP. The Balaban J connectivity index is 1.35. The molecule has 0 atom stereocenters. The molecule has 0 radical (unpaired) electrons. The summed E-state index contributed by atoms with van der Waals surface area (Å²) in [5, 5.41) is 10.6. The SMILES string of the molecule is CP(C)(=O)c1cccc(-c2c3ccccc3c(-c3cc(-c4ccc5ccccc5c4)cc(-c4ccc5ccccc5c4)c3)c3ccccc23)c1. The summed E-state index contributed by atoms with van der Waals surface area (Å²) in [6.07, 6.45) is 0. The van der Waals surface area contributed by atoms with Gasteiger partial charge in [0.25, 0.3) is 0 Å². The zero-order chi connectivity index (χ0) is 33.8. The molecule has 0 amide bonds. The van der Waals surface area contributed by atoms with Crippen molar-refractivity contribution in [2.75, 3.05) is 13.3 Å². The maximum absolute atomic E-state index is 13.2. The lowest BCUT2D eigenvalue weighted by Crippen LogP contribution is -2.02. The van der Waals surface area contributed by atoms with E-state index in [1.54, 1.807) is 0 Å². The minimum absolute atomic E-state index is 0.898. The fourth-order valence-corrected chi connectivity index (χ4v) is 8.48. The van der Waals surface area contributed by atoms with Crippen LogP contribution in [0, 0.1) is 0 Å². The van der Waals surface area contributed by atoms with E-state index in [0.29, 0.717) is 0 Å². The van der Waals surface area contributed by atoms with E-state index in [4.69, 9.17) is 0 Å². The van der Waals surface area contributed by atoms with E-state index in [1.807, 2.05) is 25.5 Å². The average molecular weight is 659 g/mol. The standard InChI is InChI=1S/C48H35OP/c1-50(2,49)42-17-11-16-38(31-42)47-43-18-7-9-20-45(43)48(46-21-10-8-19-44(46)47)41-29-39(36-24-22-32-12-3-5-14-34(32)26-36)28-40(30-41)37-25-23-33-13-4-6-15-35(33)27-37/h3-31H,1-2H3. The Hall–Kier alpha value is -5.75. The van der Waals surface area contributed by atoms with Gasteiger partial charge in [-0.05, 0) is 137 Å². The third-order valence-corrected chi connectivity index (χ3v) is 11.6. The van der Waals surface area contributed by atoms with Crippen molar-refractivity contribution in [2.24, 2.45) is 0 Å². The van der Waals surface area contributed by atoms with E-state index in [9.17, 15) is 4.57 Å². The van der Waals surface area contributed by atoms with Gasteiger partial charge in [-0.15, -0.1) is 0 Å². The first-order valence-electron chi connectivity index (χ1n) is 17.1. The summed E-state index contributed by atoms with van der Waals surface area (Å²) in [5.74, 6) is 0. The molecule has 0 fully saturated rings. The fraction of sp³-hybridized carbons (Fsp3) is 0.0417. The Labute approximate surface area is 292 Å². The minimum Gasteiger partial charge on any atom is -0.319 e. The van der Waals surface area contributed by atoms with Crippen molar-refractivity contribution < 1.29 is 4.57 Å². The molecule has 238 valence electrons. The molecule has 9 rings (SSSR count). The predicted molar refractivity (Wildman–Crippen MR) is 217 cm³/mol. The molecule has 0 aliphatic heterocycles. The lowest BCUT2D eigenvalue weighted by molar-refractivity contribution is 0.588. The number of hydrogen-bond acceptors (Lipinski definition) is 1. The van der Waals surface area contributed by atoms with Crippen molar-refractivity contribution in [1.29, 1.82) is 0 Å². The Morgan fingerprint density at radius 2 is 0.740 bits per heavy atom. The van der Waals surface area contributed by atoms with E-state index in [1.165, 1.54) is 82.0 Å². The highest BCUT2D eigenvalue weighted by Crippen LogP contribution is 2.46. The Kier molecular flexibility index (Phi) is 7.27. The van der Waals surface area contributed by atoms with Gasteiger partial charge < -0.3 is 4.57 Å². The summed E-state index contributed by atoms with van der Waals surface area (Å²) in [6.45, 7) is 3.70. The van der Waals surface area contributed by atoms with Gasteiger partial charge in [-0.2, -0.15) is 0 Å². The van der Waals surface area contributed by atoms with Crippen molar-refractivity contribution in [3.63, 3.8) is 0 Å². The van der Waals surface area contributed by atoms with Gasteiger partial charge >= 0.3 is 0 Å². The van der Waals surface area contributed by atoms with E-state index in [-0.39, 0.29) is 0 Å². The van der Waals surface area contributed by atoms with Gasteiger partial charge in [0.1, 0.15) is 7.14 Å². The summed E-state index contributed by atoms with van der Waals surface area (Å²) in [6, 6.07) is 63.7. The number of rotatable bonds is 5. The number of hydrogen-bond donors (Lipinski definition) is 0. The molecule has 2 heteroatoms. The third-order valence-electron chi connectivity index (χ3n) is 10.1. The monoisotopic (exact) mass is 658 g/mol. The van der Waals surface area contributed by atoms with Crippen molar-refractivity contribution in [1.82, 2.24) is 0 Å². The van der Waals surface area contributed by atoms with Crippen LogP contribution >= 0.6 is 7.14 Å². The molecule has 1 nitrogen and oxygen atoms in total. The molecule has 0 N–H and O–H groups in total. The molecule has 0 heterocycles. The third kappa shape index (κ3) is 5.32. The summed E-state index contributed by atoms with van der Waals surface area (Å²) < 4.78 is 13.2. The predicted octanol–water partition coefficient (Wildman–Crippen LogP) is 13.2. The number of fused-ring (bicyclic) bond motifs is 4. The van der Waals surface area contributed by atoms with Gasteiger partial charge in [-0.1, -0.05) is 140 Å². The van der Waals surface area contributed by atoms with Gasteiger partial charge in [0.05, 0.1) is 0 Å². The van der Waals surface area contributed by atoms with Crippen molar-refractivity contribution in [2.45, 2.75) is 0 Å². The average Bonchev–Trinajstić information content (AvgIpc) is 3.16. The van der Waals surface area contributed by atoms with Crippen LogP contribution in [0.5, 0.6) is 0 Å². The lowest BCUT2D eigenvalue weighted by atomic mass is 9.84. The molecule has 9 aromatic rings. The highest BCUT2D eigenvalue weighted by Gasteiger charge is 2.19. The lowest BCUT2D eigenvalue weighted by Gasteiger charge is -2.20. The number of benzene rings is 9. The quantitative estimate of drug-likeness (QED) is 0.133. The second-order valence-corrected chi connectivity index (χ2v) is 16.9. The van der Waals surface area contributed by atoms with Crippen LogP contribution in [0.4, 0.5) is 0 Å². The van der Waals surface area contributed by atoms with Crippen LogP contribution in [0.3, 0.4) is 0 Å². The molecule has 9 aromatic carbocycles. The molecule has 0 bridgehead atoms. The van der Waals surface area contributed by atoms with Crippen LogP contribution in [0.1, 0.15) is 0 Å². The summed E-state index contributed by atoms with van der Waals surface area (Å²) in [4.78, 5) is 0. The zero-order valence-corrected chi connectivity index (χ0v) is 29.0. The van der Waals surface area contributed by atoms with Gasteiger partial charge in [0.2, 0.25) is 0 Å². The smallest absolute Gasteiger partial charge is 0.109 e. The molecule has 50 heavy (non-hydrogen) atoms. The summed E-state index contributed by atoms with van der Waals surface area (Å²) in [7, 11) is -2.44. The highest BCUT2D eigenvalue weighted by molar-refractivity contribution is 7.70. The molecular weight excluding hydrogens is 624 g/mol. The zero-order valence-electron chi connectivity index (χ0n) is 28.1. The van der Waals surface area contributed by atoms with Crippen LogP contribution in [-0.2, 0) is 4.57 Å². The maximum Gasteiger partial charge on any atom is 0.109 e. The van der Waals surface area contributed by atoms with Crippen LogP contribution in [0.2, 0.25) is 0 Å². The van der Waals surface area contributed by atoms with Crippen LogP contribution < -0.4 is 5.30 Å². The first-order valence-corrected chi connectivity index (χ1v) is 19.7. The second kappa shape index (κ2) is 12.0. The van der Waals surface area contributed by atoms with Crippen LogP contribution in [0.25, 0.3) is 87.6 Å². The van der Waals surface area contributed by atoms with Gasteiger partial charge in [-0.3, -0.25) is 0 Å². The molecule has 0 saturated carbocycles. The first-order chi connectivity index (χ1) is 24.4. The van der Waals surface area contributed by atoms with E-state index < -0.39 is 7.14 Å². The van der Waals surface area contributed by atoms with E-state index >= 15 is 0 Å².